The number of thiophene rings is 1. The third kappa shape index (κ3) is 2.76. The third-order valence-electron chi connectivity index (χ3n) is 3.42. The van der Waals surface area contributed by atoms with E-state index in [0.29, 0.717) is 39.7 Å². The first-order valence-electron chi connectivity index (χ1n) is 6.49. The Labute approximate surface area is 129 Å². The van der Waals surface area contributed by atoms with Crippen LogP contribution in [0.2, 0.25) is 5.02 Å². The fourth-order valence-corrected chi connectivity index (χ4v) is 3.84. The van der Waals surface area contributed by atoms with Crippen LogP contribution in [-0.4, -0.2) is 48.3 Å². The van der Waals surface area contributed by atoms with Gasteiger partial charge in [-0.25, -0.2) is 4.39 Å². The van der Waals surface area contributed by atoms with Gasteiger partial charge >= 0.3 is 0 Å². The Balaban J connectivity index is 1.92. The number of benzene rings is 1. The summed E-state index contributed by atoms with van der Waals surface area (Å²) in [6, 6.07) is 4.28. The largest absolute Gasteiger partial charge is 0.394 e. The van der Waals surface area contributed by atoms with E-state index in [1.165, 1.54) is 23.5 Å². The lowest BCUT2D eigenvalue weighted by Gasteiger charge is -2.31. The van der Waals surface area contributed by atoms with Gasteiger partial charge in [-0.05, 0) is 18.2 Å². The lowest BCUT2D eigenvalue weighted by Crippen LogP contribution is -2.46. The van der Waals surface area contributed by atoms with E-state index >= 15 is 0 Å². The molecule has 1 unspecified atom stereocenters. The summed E-state index contributed by atoms with van der Waals surface area (Å²) < 4.78 is 19.2. The zero-order valence-corrected chi connectivity index (χ0v) is 12.6. The van der Waals surface area contributed by atoms with Crippen molar-refractivity contribution in [1.82, 2.24) is 4.90 Å². The van der Waals surface area contributed by atoms with Gasteiger partial charge in [0.25, 0.3) is 5.91 Å². The number of aliphatic hydroxyl groups excluding tert-OH is 1. The molecule has 1 aliphatic heterocycles. The second-order valence-corrected chi connectivity index (χ2v) is 6.24. The molecule has 1 aromatic carbocycles. The van der Waals surface area contributed by atoms with Crippen LogP contribution in [0.15, 0.2) is 18.2 Å². The number of hydrogen-bond acceptors (Lipinski definition) is 4. The molecule has 2 heterocycles. The molecule has 2 aromatic rings. The minimum atomic E-state index is -0.367. The summed E-state index contributed by atoms with van der Waals surface area (Å²) in [6.45, 7) is 1.03. The number of aliphatic hydroxyl groups is 1. The van der Waals surface area contributed by atoms with Crippen molar-refractivity contribution in [3.63, 3.8) is 0 Å². The number of carbonyl (C=O) groups excluding carboxylic acids is 1. The van der Waals surface area contributed by atoms with E-state index in [1.54, 1.807) is 11.0 Å². The fourth-order valence-electron chi connectivity index (χ4n) is 2.33. The minimum Gasteiger partial charge on any atom is -0.394 e. The highest BCUT2D eigenvalue weighted by Gasteiger charge is 2.27. The molecule has 7 heteroatoms. The van der Waals surface area contributed by atoms with Gasteiger partial charge in [0.1, 0.15) is 10.7 Å². The zero-order valence-electron chi connectivity index (χ0n) is 11.0. The van der Waals surface area contributed by atoms with Gasteiger partial charge in [0.2, 0.25) is 0 Å². The number of ether oxygens (including phenoxy) is 1. The molecule has 4 nitrogen and oxygen atoms in total. The van der Waals surface area contributed by atoms with Gasteiger partial charge in [0.05, 0.1) is 24.3 Å². The van der Waals surface area contributed by atoms with Crippen molar-refractivity contribution in [2.75, 3.05) is 26.3 Å². The fraction of sp³-hybridized carbons (Fsp3) is 0.357. The molecule has 0 bridgehead atoms. The molecule has 1 saturated heterocycles. The van der Waals surface area contributed by atoms with E-state index < -0.39 is 0 Å². The number of carbonyl (C=O) groups is 1. The molecular weight excluding hydrogens is 317 g/mol. The van der Waals surface area contributed by atoms with E-state index in [-0.39, 0.29) is 24.4 Å². The van der Waals surface area contributed by atoms with E-state index in [9.17, 15) is 9.18 Å². The highest BCUT2D eigenvalue weighted by atomic mass is 35.5. The van der Waals surface area contributed by atoms with Crippen LogP contribution in [0.3, 0.4) is 0 Å². The number of halogens is 2. The van der Waals surface area contributed by atoms with Gasteiger partial charge < -0.3 is 14.7 Å². The number of nitrogens with zero attached hydrogens (tertiary/aromatic N) is 1. The molecular formula is C14H13ClFNO3S. The molecule has 1 fully saturated rings. The van der Waals surface area contributed by atoms with Crippen molar-refractivity contribution >= 4 is 38.9 Å². The van der Waals surface area contributed by atoms with Gasteiger partial charge in [0, 0.05) is 23.2 Å². The van der Waals surface area contributed by atoms with Crippen LogP contribution >= 0.6 is 22.9 Å². The SMILES string of the molecule is O=C(c1sc2cc(F)ccc2c1Cl)N1CCOC(CO)C1. The zero-order chi connectivity index (χ0) is 15.0. The number of fused-ring (bicyclic) bond motifs is 1. The topological polar surface area (TPSA) is 49.8 Å². The lowest BCUT2D eigenvalue weighted by atomic mass is 10.2. The molecule has 1 N–H and O–H groups in total. The minimum absolute atomic E-state index is 0.130. The molecule has 1 amide bonds. The van der Waals surface area contributed by atoms with Crippen LogP contribution < -0.4 is 0 Å². The summed E-state index contributed by atoms with van der Waals surface area (Å²) in [5.41, 5.74) is 0. The Kier molecular flexibility index (Phi) is 4.12. The summed E-state index contributed by atoms with van der Waals surface area (Å²) in [5, 5.41) is 10.2. The second kappa shape index (κ2) is 5.88. The maximum Gasteiger partial charge on any atom is 0.265 e. The third-order valence-corrected chi connectivity index (χ3v) is 5.06. The Morgan fingerprint density at radius 1 is 1.57 bits per heavy atom. The number of amides is 1. The van der Waals surface area contributed by atoms with Gasteiger partial charge in [0.15, 0.2) is 0 Å². The maximum absolute atomic E-state index is 13.3. The van der Waals surface area contributed by atoms with Crippen molar-refractivity contribution < 1.29 is 19.0 Å². The Bertz CT molecular complexity index is 690. The predicted octanol–water partition coefficient (Wildman–Crippen LogP) is 2.53. The van der Waals surface area contributed by atoms with Crippen LogP contribution in [0, 0.1) is 5.82 Å². The Morgan fingerprint density at radius 3 is 3.14 bits per heavy atom. The molecule has 0 radical (unpaired) electrons. The summed E-state index contributed by atoms with van der Waals surface area (Å²) in [6.07, 6.45) is -0.367. The molecule has 3 rings (SSSR count). The molecule has 1 atom stereocenters. The normalized spacial score (nSPS) is 19.2. The summed E-state index contributed by atoms with van der Waals surface area (Å²) >= 11 is 7.44. The first-order valence-corrected chi connectivity index (χ1v) is 7.69. The predicted molar refractivity (Wildman–Crippen MR) is 79.5 cm³/mol. The van der Waals surface area contributed by atoms with Crippen molar-refractivity contribution in [2.45, 2.75) is 6.10 Å². The maximum atomic E-state index is 13.3. The molecule has 1 aromatic heterocycles. The number of morpholine rings is 1. The molecule has 1 aliphatic rings. The highest BCUT2D eigenvalue weighted by molar-refractivity contribution is 7.21. The number of rotatable bonds is 2. The summed E-state index contributed by atoms with van der Waals surface area (Å²) in [5.74, 6) is -0.561. The number of hydrogen-bond donors (Lipinski definition) is 1. The van der Waals surface area contributed by atoms with Crippen molar-refractivity contribution in [3.8, 4) is 0 Å². The average molecular weight is 330 g/mol. The Morgan fingerprint density at radius 2 is 2.38 bits per heavy atom. The highest BCUT2D eigenvalue weighted by Crippen LogP contribution is 2.36. The lowest BCUT2D eigenvalue weighted by molar-refractivity contribution is -0.0446. The summed E-state index contributed by atoms with van der Waals surface area (Å²) in [4.78, 5) is 14.6. The first-order chi connectivity index (χ1) is 10.1. The Hall–Kier alpha value is -1.21. The van der Waals surface area contributed by atoms with E-state index in [2.05, 4.69) is 0 Å². The van der Waals surface area contributed by atoms with Crippen molar-refractivity contribution in [3.05, 3.63) is 33.9 Å². The molecule has 0 spiro atoms. The second-order valence-electron chi connectivity index (χ2n) is 4.81. The van der Waals surface area contributed by atoms with E-state index in [4.69, 9.17) is 21.4 Å². The van der Waals surface area contributed by atoms with Gasteiger partial charge in [-0.2, -0.15) is 0 Å². The van der Waals surface area contributed by atoms with Crippen LogP contribution in [0.5, 0.6) is 0 Å². The molecule has 112 valence electrons. The van der Waals surface area contributed by atoms with Crippen molar-refractivity contribution in [1.29, 1.82) is 0 Å². The molecule has 0 aliphatic carbocycles. The van der Waals surface area contributed by atoms with E-state index in [0.717, 1.165) is 0 Å². The van der Waals surface area contributed by atoms with Crippen LogP contribution in [0.1, 0.15) is 9.67 Å². The van der Waals surface area contributed by atoms with Gasteiger partial charge in [-0.1, -0.05) is 11.6 Å². The standard InChI is InChI=1S/C14H13ClFNO3S/c15-12-10-2-1-8(16)5-11(10)21-13(12)14(19)17-3-4-20-9(6-17)7-18/h1-2,5,9,18H,3-4,6-7H2. The van der Waals surface area contributed by atoms with E-state index in [1.807, 2.05) is 0 Å². The van der Waals surface area contributed by atoms with Gasteiger partial charge in [-0.15, -0.1) is 11.3 Å². The van der Waals surface area contributed by atoms with Crippen LogP contribution in [-0.2, 0) is 4.74 Å². The monoisotopic (exact) mass is 329 g/mol. The molecule has 21 heavy (non-hydrogen) atoms. The first kappa shape index (κ1) is 14.7. The van der Waals surface area contributed by atoms with Crippen LogP contribution in [0.4, 0.5) is 4.39 Å². The summed E-state index contributed by atoms with van der Waals surface area (Å²) in [7, 11) is 0. The van der Waals surface area contributed by atoms with Gasteiger partial charge in [-0.3, -0.25) is 4.79 Å². The quantitative estimate of drug-likeness (QED) is 0.921. The molecule has 0 saturated carbocycles. The average Bonchev–Trinajstić information content (AvgIpc) is 2.83. The van der Waals surface area contributed by atoms with Crippen molar-refractivity contribution in [2.24, 2.45) is 0 Å². The van der Waals surface area contributed by atoms with Crippen LogP contribution in [0.25, 0.3) is 10.1 Å². The smallest absolute Gasteiger partial charge is 0.265 e.